The molecule has 0 unspecified atom stereocenters. The summed E-state index contributed by atoms with van der Waals surface area (Å²) in [6, 6.07) is 8.31. The molecule has 0 heterocycles. The van der Waals surface area contributed by atoms with Crippen LogP contribution >= 0.6 is 0 Å². The van der Waals surface area contributed by atoms with Crippen LogP contribution in [0, 0.1) is 0 Å². The Kier molecular flexibility index (Phi) is 7.32. The fourth-order valence-electron chi connectivity index (χ4n) is 1.82. The van der Waals surface area contributed by atoms with Crippen LogP contribution < -0.4 is 5.32 Å². The molecule has 1 atom stereocenters. The topological polar surface area (TPSA) is 90.9 Å². The standard InChI is InChI=1S/C16H19NO6/c1-21-14(18)10-13(16(20)23-3)17-12(15(19)22-2)9-11-7-5-4-6-8-11/h4-8,10,12,17H,9H2,1-3H3/b13-10+/t12-/m0/s1. The summed E-state index contributed by atoms with van der Waals surface area (Å²) in [7, 11) is 3.58. The van der Waals surface area contributed by atoms with Crippen LogP contribution in [0.4, 0.5) is 0 Å². The summed E-state index contributed by atoms with van der Waals surface area (Å²) in [5.41, 5.74) is 0.670. The zero-order valence-corrected chi connectivity index (χ0v) is 13.2. The van der Waals surface area contributed by atoms with Crippen LogP contribution in [0.3, 0.4) is 0 Å². The van der Waals surface area contributed by atoms with Gasteiger partial charge in [-0.2, -0.15) is 0 Å². The SMILES string of the molecule is COC(=O)/C=C(/N[C@@H](Cc1ccccc1)C(=O)OC)C(=O)OC. The first kappa shape index (κ1) is 18.2. The first-order valence-corrected chi connectivity index (χ1v) is 6.78. The Morgan fingerprint density at radius 3 is 2.22 bits per heavy atom. The van der Waals surface area contributed by atoms with Gasteiger partial charge in [-0.3, -0.25) is 0 Å². The lowest BCUT2D eigenvalue weighted by molar-refractivity contribution is -0.143. The first-order chi connectivity index (χ1) is 11.0. The molecule has 0 radical (unpaired) electrons. The number of benzene rings is 1. The van der Waals surface area contributed by atoms with E-state index in [1.54, 1.807) is 0 Å². The Hall–Kier alpha value is -2.83. The second-order valence-electron chi connectivity index (χ2n) is 4.48. The maximum Gasteiger partial charge on any atom is 0.354 e. The number of rotatable bonds is 7. The van der Waals surface area contributed by atoms with Gasteiger partial charge in [0.2, 0.25) is 0 Å². The van der Waals surface area contributed by atoms with E-state index in [0.29, 0.717) is 0 Å². The third-order valence-electron chi connectivity index (χ3n) is 2.97. The second kappa shape index (κ2) is 9.24. The van der Waals surface area contributed by atoms with Crippen molar-refractivity contribution in [1.82, 2.24) is 5.32 Å². The largest absolute Gasteiger partial charge is 0.467 e. The number of hydrogen-bond donors (Lipinski definition) is 1. The molecular formula is C16H19NO6. The first-order valence-electron chi connectivity index (χ1n) is 6.78. The molecule has 1 aromatic rings. The van der Waals surface area contributed by atoms with Gasteiger partial charge in [0.15, 0.2) is 0 Å². The molecule has 1 N–H and O–H groups in total. The highest BCUT2D eigenvalue weighted by molar-refractivity contribution is 5.96. The van der Waals surface area contributed by atoms with Crippen molar-refractivity contribution in [1.29, 1.82) is 0 Å². The van der Waals surface area contributed by atoms with Crippen LogP contribution in [-0.4, -0.2) is 45.3 Å². The number of ether oxygens (including phenoxy) is 3. The highest BCUT2D eigenvalue weighted by Crippen LogP contribution is 2.07. The summed E-state index contributed by atoms with van der Waals surface area (Å²) in [5, 5.41) is 2.68. The third kappa shape index (κ3) is 5.82. The van der Waals surface area contributed by atoms with E-state index in [4.69, 9.17) is 4.74 Å². The molecule has 1 aromatic carbocycles. The molecule has 0 aromatic heterocycles. The maximum absolute atomic E-state index is 11.9. The zero-order valence-electron chi connectivity index (χ0n) is 13.2. The Morgan fingerprint density at radius 2 is 1.70 bits per heavy atom. The second-order valence-corrected chi connectivity index (χ2v) is 4.48. The van der Waals surface area contributed by atoms with Gasteiger partial charge in [-0.05, 0) is 5.56 Å². The van der Waals surface area contributed by atoms with Gasteiger partial charge in [-0.25, -0.2) is 14.4 Å². The summed E-state index contributed by atoms with van der Waals surface area (Å²) in [4.78, 5) is 35.0. The molecule has 0 aliphatic carbocycles. The molecule has 0 bridgehead atoms. The van der Waals surface area contributed by atoms with E-state index in [-0.39, 0.29) is 12.1 Å². The van der Waals surface area contributed by atoms with Gasteiger partial charge in [-0.15, -0.1) is 0 Å². The number of carbonyl (C=O) groups is 3. The highest BCUT2D eigenvalue weighted by atomic mass is 16.5. The summed E-state index contributed by atoms with van der Waals surface area (Å²) in [5.74, 6) is -2.12. The van der Waals surface area contributed by atoms with E-state index in [0.717, 1.165) is 11.6 Å². The monoisotopic (exact) mass is 321 g/mol. The lowest BCUT2D eigenvalue weighted by Crippen LogP contribution is -2.41. The molecule has 0 spiro atoms. The van der Waals surface area contributed by atoms with Crippen LogP contribution in [0.5, 0.6) is 0 Å². The Balaban J connectivity index is 3.01. The average Bonchev–Trinajstić information content (AvgIpc) is 2.59. The van der Waals surface area contributed by atoms with Gasteiger partial charge in [0, 0.05) is 6.42 Å². The van der Waals surface area contributed by atoms with Crippen LogP contribution in [0.1, 0.15) is 5.56 Å². The number of methoxy groups -OCH3 is 3. The van der Waals surface area contributed by atoms with Crippen LogP contribution in [0.25, 0.3) is 0 Å². The molecule has 0 aliphatic heterocycles. The minimum absolute atomic E-state index is 0.189. The van der Waals surface area contributed by atoms with E-state index in [2.05, 4.69) is 14.8 Å². The van der Waals surface area contributed by atoms with Crippen LogP contribution in [0.15, 0.2) is 42.1 Å². The molecule has 0 fully saturated rings. The van der Waals surface area contributed by atoms with Crippen molar-refractivity contribution < 1.29 is 28.6 Å². The van der Waals surface area contributed by atoms with Gasteiger partial charge >= 0.3 is 17.9 Å². The van der Waals surface area contributed by atoms with Gasteiger partial charge in [0.1, 0.15) is 11.7 Å². The maximum atomic E-state index is 11.9. The summed E-state index contributed by atoms with van der Waals surface area (Å²) in [6.45, 7) is 0. The summed E-state index contributed by atoms with van der Waals surface area (Å²) in [6.07, 6.45) is 1.19. The van der Waals surface area contributed by atoms with Crippen molar-refractivity contribution in [3.8, 4) is 0 Å². The predicted molar refractivity (Wildman–Crippen MR) is 81.2 cm³/mol. The Bertz CT molecular complexity index is 581. The summed E-state index contributed by atoms with van der Waals surface area (Å²) >= 11 is 0. The highest BCUT2D eigenvalue weighted by Gasteiger charge is 2.24. The van der Waals surface area contributed by atoms with Crippen molar-refractivity contribution in [2.24, 2.45) is 0 Å². The molecule has 23 heavy (non-hydrogen) atoms. The van der Waals surface area contributed by atoms with E-state index < -0.39 is 23.9 Å². The van der Waals surface area contributed by atoms with Gasteiger partial charge in [-0.1, -0.05) is 30.3 Å². The lowest BCUT2D eigenvalue weighted by atomic mass is 10.1. The Labute approximate surface area is 134 Å². The van der Waals surface area contributed by atoms with Crippen molar-refractivity contribution in [3.63, 3.8) is 0 Å². The number of esters is 3. The zero-order chi connectivity index (χ0) is 17.2. The Morgan fingerprint density at radius 1 is 1.04 bits per heavy atom. The quantitative estimate of drug-likeness (QED) is 0.446. The molecule has 1 rings (SSSR count). The minimum Gasteiger partial charge on any atom is -0.467 e. The van der Waals surface area contributed by atoms with Crippen LogP contribution in [0.2, 0.25) is 0 Å². The van der Waals surface area contributed by atoms with Crippen LogP contribution in [-0.2, 0) is 35.0 Å². The normalized spacial score (nSPS) is 12.0. The number of hydrogen-bond acceptors (Lipinski definition) is 7. The molecule has 7 heteroatoms. The van der Waals surface area contributed by atoms with Gasteiger partial charge in [0.05, 0.1) is 27.4 Å². The average molecular weight is 321 g/mol. The summed E-state index contributed by atoms with van der Waals surface area (Å²) < 4.78 is 13.8. The molecule has 0 amide bonds. The molecular weight excluding hydrogens is 302 g/mol. The van der Waals surface area contributed by atoms with E-state index in [1.165, 1.54) is 21.3 Å². The van der Waals surface area contributed by atoms with E-state index in [9.17, 15) is 14.4 Å². The van der Waals surface area contributed by atoms with E-state index in [1.807, 2.05) is 30.3 Å². The van der Waals surface area contributed by atoms with Gasteiger partial charge in [0.25, 0.3) is 0 Å². The van der Waals surface area contributed by atoms with Gasteiger partial charge < -0.3 is 19.5 Å². The molecule has 0 saturated heterocycles. The van der Waals surface area contributed by atoms with Crippen molar-refractivity contribution in [3.05, 3.63) is 47.7 Å². The molecule has 0 aliphatic rings. The fourth-order valence-corrected chi connectivity index (χ4v) is 1.82. The number of carbonyl (C=O) groups excluding carboxylic acids is 3. The van der Waals surface area contributed by atoms with Crippen molar-refractivity contribution in [2.75, 3.05) is 21.3 Å². The third-order valence-corrected chi connectivity index (χ3v) is 2.97. The molecule has 124 valence electrons. The molecule has 7 nitrogen and oxygen atoms in total. The smallest absolute Gasteiger partial charge is 0.354 e. The number of nitrogens with one attached hydrogen (secondary N) is 1. The van der Waals surface area contributed by atoms with E-state index >= 15 is 0 Å². The van der Waals surface area contributed by atoms with Crippen molar-refractivity contribution in [2.45, 2.75) is 12.5 Å². The predicted octanol–water partition coefficient (Wildman–Crippen LogP) is 0.590. The molecule has 0 saturated carbocycles. The minimum atomic E-state index is -0.864. The fraction of sp³-hybridized carbons (Fsp3) is 0.312. The van der Waals surface area contributed by atoms with Crippen molar-refractivity contribution >= 4 is 17.9 Å². The lowest BCUT2D eigenvalue weighted by Gasteiger charge is -2.18.